The van der Waals surface area contributed by atoms with Gasteiger partial charge in [0.05, 0.1) is 34.6 Å². The van der Waals surface area contributed by atoms with Crippen LogP contribution in [0.2, 0.25) is 5.02 Å². The number of hydrogen-bond donors (Lipinski definition) is 1. The van der Waals surface area contributed by atoms with Crippen LogP contribution in [0.5, 0.6) is 0 Å². The number of nitrogens with one attached hydrogen (secondary N) is 1. The van der Waals surface area contributed by atoms with Gasteiger partial charge in [-0.05, 0) is 61.8 Å². The van der Waals surface area contributed by atoms with Crippen molar-refractivity contribution in [2.45, 2.75) is 44.4 Å². The summed E-state index contributed by atoms with van der Waals surface area (Å²) in [5.41, 5.74) is 2.28. The van der Waals surface area contributed by atoms with E-state index in [1.165, 1.54) is 25.0 Å². The summed E-state index contributed by atoms with van der Waals surface area (Å²) in [5.74, 6) is -3.79. The number of halogens is 3. The lowest BCUT2D eigenvalue weighted by Crippen LogP contribution is -2.45. The number of likely N-dealkylation sites (tertiary alicyclic amines) is 1. The first-order valence-corrected chi connectivity index (χ1v) is 12.1. The van der Waals surface area contributed by atoms with Crippen molar-refractivity contribution in [1.29, 1.82) is 0 Å². The highest BCUT2D eigenvalue weighted by molar-refractivity contribution is 6.34. The molecule has 3 heterocycles. The molecule has 2 amide bonds. The summed E-state index contributed by atoms with van der Waals surface area (Å²) in [5, 5.41) is 2.99. The zero-order chi connectivity index (χ0) is 23.9. The first-order chi connectivity index (χ1) is 16.3. The Morgan fingerprint density at radius 3 is 2.47 bits per heavy atom. The second-order valence-corrected chi connectivity index (χ2v) is 10.1. The molecule has 0 atom stereocenters. The van der Waals surface area contributed by atoms with E-state index >= 15 is 0 Å². The fraction of sp³-hybridized carbons (Fsp3) is 0.480. The Morgan fingerprint density at radius 2 is 1.76 bits per heavy atom. The molecule has 1 aliphatic carbocycles. The summed E-state index contributed by atoms with van der Waals surface area (Å²) in [6.07, 6.45) is 8.15. The van der Waals surface area contributed by atoms with Crippen molar-refractivity contribution in [2.24, 2.45) is 5.41 Å². The third-order valence-electron chi connectivity index (χ3n) is 7.30. The predicted molar refractivity (Wildman–Crippen MR) is 127 cm³/mol. The van der Waals surface area contributed by atoms with Crippen molar-refractivity contribution in [3.8, 4) is 0 Å². The van der Waals surface area contributed by atoms with E-state index in [4.69, 9.17) is 11.6 Å². The van der Waals surface area contributed by atoms with Gasteiger partial charge < -0.3 is 15.1 Å². The van der Waals surface area contributed by atoms with Crippen LogP contribution in [-0.2, 0) is 0 Å². The SMILES string of the molecule is O=C(Nc1ccc(Cl)c(C(=O)N2CCCC(F)(F)C2)c1)c1ccncc1N1CCC2(CC1)CC2. The summed E-state index contributed by atoms with van der Waals surface area (Å²) in [4.78, 5) is 33.6. The first-order valence-electron chi connectivity index (χ1n) is 11.7. The minimum Gasteiger partial charge on any atom is -0.370 e. The van der Waals surface area contributed by atoms with Gasteiger partial charge >= 0.3 is 0 Å². The average molecular weight is 489 g/mol. The van der Waals surface area contributed by atoms with Crippen molar-refractivity contribution < 1.29 is 18.4 Å². The molecule has 0 unspecified atom stereocenters. The summed E-state index contributed by atoms with van der Waals surface area (Å²) < 4.78 is 27.6. The molecule has 1 N–H and O–H groups in total. The lowest BCUT2D eigenvalue weighted by molar-refractivity contribution is -0.0560. The molecule has 180 valence electrons. The second kappa shape index (κ2) is 8.80. The molecule has 5 rings (SSSR count). The van der Waals surface area contributed by atoms with E-state index in [0.29, 0.717) is 16.7 Å². The molecule has 1 saturated carbocycles. The van der Waals surface area contributed by atoms with Crippen LogP contribution < -0.4 is 10.2 Å². The number of benzene rings is 1. The Balaban J connectivity index is 1.32. The topological polar surface area (TPSA) is 65.5 Å². The molecule has 2 aromatic rings. The summed E-state index contributed by atoms with van der Waals surface area (Å²) in [7, 11) is 0. The molecule has 1 spiro atoms. The number of carbonyl (C=O) groups excluding carboxylic acids is 2. The first kappa shape index (κ1) is 23.0. The fourth-order valence-corrected chi connectivity index (χ4v) is 5.20. The number of piperidine rings is 2. The van der Waals surface area contributed by atoms with Gasteiger partial charge in [-0.2, -0.15) is 0 Å². The predicted octanol–water partition coefficient (Wildman–Crippen LogP) is 5.24. The number of pyridine rings is 1. The zero-order valence-corrected chi connectivity index (χ0v) is 19.6. The molecule has 0 bridgehead atoms. The number of anilines is 2. The molecular weight excluding hydrogens is 462 g/mol. The van der Waals surface area contributed by atoms with Crippen molar-refractivity contribution in [2.75, 3.05) is 36.4 Å². The Hall–Kier alpha value is -2.74. The average Bonchev–Trinajstić information content (AvgIpc) is 3.58. The number of aromatic nitrogens is 1. The molecule has 0 radical (unpaired) electrons. The lowest BCUT2D eigenvalue weighted by Gasteiger charge is -2.34. The highest BCUT2D eigenvalue weighted by Crippen LogP contribution is 2.54. The summed E-state index contributed by atoms with van der Waals surface area (Å²) >= 11 is 6.23. The van der Waals surface area contributed by atoms with Crippen molar-refractivity contribution in [3.63, 3.8) is 0 Å². The van der Waals surface area contributed by atoms with Gasteiger partial charge in [0.25, 0.3) is 17.7 Å². The van der Waals surface area contributed by atoms with Gasteiger partial charge in [-0.15, -0.1) is 0 Å². The van der Waals surface area contributed by atoms with E-state index in [1.807, 2.05) is 0 Å². The zero-order valence-electron chi connectivity index (χ0n) is 18.8. The van der Waals surface area contributed by atoms with E-state index in [9.17, 15) is 18.4 Å². The molecule has 34 heavy (non-hydrogen) atoms. The van der Waals surface area contributed by atoms with Gasteiger partial charge in [0.15, 0.2) is 0 Å². The number of nitrogens with zero attached hydrogens (tertiary/aromatic N) is 3. The smallest absolute Gasteiger partial charge is 0.265 e. The molecule has 3 fully saturated rings. The third kappa shape index (κ3) is 4.73. The van der Waals surface area contributed by atoms with Gasteiger partial charge in [-0.25, -0.2) is 8.78 Å². The maximum absolute atomic E-state index is 13.8. The number of amides is 2. The van der Waals surface area contributed by atoms with Gasteiger partial charge in [0.2, 0.25) is 0 Å². The van der Waals surface area contributed by atoms with E-state index < -0.39 is 18.4 Å². The molecule has 3 aliphatic rings. The highest BCUT2D eigenvalue weighted by atomic mass is 35.5. The van der Waals surface area contributed by atoms with Crippen LogP contribution in [0, 0.1) is 5.41 Å². The van der Waals surface area contributed by atoms with Gasteiger partial charge in [0.1, 0.15) is 0 Å². The monoisotopic (exact) mass is 488 g/mol. The number of carbonyl (C=O) groups is 2. The van der Waals surface area contributed by atoms with E-state index in [1.54, 1.807) is 24.5 Å². The van der Waals surface area contributed by atoms with Crippen molar-refractivity contribution >= 4 is 34.8 Å². The van der Waals surface area contributed by atoms with Crippen LogP contribution in [0.15, 0.2) is 36.7 Å². The van der Waals surface area contributed by atoms with Gasteiger partial charge in [0, 0.05) is 37.9 Å². The maximum Gasteiger partial charge on any atom is 0.265 e. The Kier molecular flexibility index (Phi) is 5.96. The van der Waals surface area contributed by atoms with E-state index in [-0.39, 0.29) is 35.9 Å². The largest absolute Gasteiger partial charge is 0.370 e. The highest BCUT2D eigenvalue weighted by Gasteiger charge is 2.44. The van der Waals surface area contributed by atoms with Crippen LogP contribution in [0.3, 0.4) is 0 Å². The fourth-order valence-electron chi connectivity index (χ4n) is 5.00. The molecule has 1 aromatic carbocycles. The van der Waals surface area contributed by atoms with Crippen LogP contribution in [0.25, 0.3) is 0 Å². The van der Waals surface area contributed by atoms with Gasteiger partial charge in [-0.3, -0.25) is 14.6 Å². The minimum atomic E-state index is -2.91. The van der Waals surface area contributed by atoms with Gasteiger partial charge in [-0.1, -0.05) is 11.6 Å². The molecule has 1 aromatic heterocycles. The normalized spacial score (nSPS) is 20.8. The second-order valence-electron chi connectivity index (χ2n) is 9.71. The van der Waals surface area contributed by atoms with Crippen molar-refractivity contribution in [1.82, 2.24) is 9.88 Å². The standard InChI is InChI=1S/C25H27ClF2N4O2/c26-20-3-2-17(14-19(20)23(34)32-11-1-5-25(27,28)16-32)30-22(33)18-4-10-29-15-21(18)31-12-8-24(6-7-24)9-13-31/h2-4,10,14-15H,1,5-9,11-13,16H2,(H,30,33). The van der Waals surface area contributed by atoms with Crippen LogP contribution in [-0.4, -0.2) is 53.8 Å². The third-order valence-corrected chi connectivity index (χ3v) is 7.63. The van der Waals surface area contributed by atoms with Crippen LogP contribution in [0.1, 0.15) is 59.2 Å². The molecule has 2 saturated heterocycles. The van der Waals surface area contributed by atoms with E-state index in [0.717, 1.165) is 36.5 Å². The van der Waals surface area contributed by atoms with Crippen molar-refractivity contribution in [3.05, 3.63) is 52.8 Å². The number of hydrogen-bond acceptors (Lipinski definition) is 4. The Labute approximate surface area is 202 Å². The number of rotatable bonds is 4. The minimum absolute atomic E-state index is 0.0953. The van der Waals surface area contributed by atoms with E-state index in [2.05, 4.69) is 15.2 Å². The lowest BCUT2D eigenvalue weighted by atomic mass is 9.93. The summed E-state index contributed by atoms with van der Waals surface area (Å²) in [6, 6.07) is 6.23. The Morgan fingerprint density at radius 1 is 1.00 bits per heavy atom. The molecular formula is C25H27ClF2N4O2. The Bertz CT molecular complexity index is 1110. The molecule has 2 aliphatic heterocycles. The van der Waals surface area contributed by atoms with Crippen LogP contribution in [0.4, 0.5) is 20.2 Å². The molecule has 9 heteroatoms. The molecule has 6 nitrogen and oxygen atoms in total. The quantitative estimate of drug-likeness (QED) is 0.639. The van der Waals surface area contributed by atoms with Crippen LogP contribution >= 0.6 is 11.6 Å². The maximum atomic E-state index is 13.8. The summed E-state index contributed by atoms with van der Waals surface area (Å²) in [6.45, 7) is 1.41. The number of alkyl halides is 2.